The number of carbonyl (C=O) groups excluding carboxylic acids is 1. The van der Waals surface area contributed by atoms with Gasteiger partial charge in [-0.1, -0.05) is 6.07 Å². The molecule has 2 aromatic rings. The van der Waals surface area contributed by atoms with Crippen molar-refractivity contribution in [1.82, 2.24) is 10.3 Å². The van der Waals surface area contributed by atoms with Crippen molar-refractivity contribution >= 4 is 21.6 Å². The predicted molar refractivity (Wildman–Crippen MR) is 101 cm³/mol. The number of aromatic nitrogens is 1. The van der Waals surface area contributed by atoms with Crippen molar-refractivity contribution in [3.63, 3.8) is 0 Å². The number of pyridine rings is 1. The van der Waals surface area contributed by atoms with Crippen LogP contribution in [-0.4, -0.2) is 37.0 Å². The average Bonchev–Trinajstić information content (AvgIpc) is 2.69. The van der Waals surface area contributed by atoms with Crippen LogP contribution in [0.25, 0.3) is 0 Å². The van der Waals surface area contributed by atoms with Crippen LogP contribution < -0.4 is 10.6 Å². The number of halogens is 2. The summed E-state index contributed by atoms with van der Waals surface area (Å²) in [5.74, 6) is 0. The molecule has 3 atom stereocenters. The van der Waals surface area contributed by atoms with Crippen LogP contribution in [-0.2, 0) is 16.4 Å². The van der Waals surface area contributed by atoms with Crippen LogP contribution in [0.5, 0.6) is 0 Å². The first-order chi connectivity index (χ1) is 13.4. The molecule has 1 saturated carbocycles. The van der Waals surface area contributed by atoms with E-state index in [4.69, 9.17) is 0 Å². The van der Waals surface area contributed by atoms with Crippen molar-refractivity contribution in [3.8, 4) is 0 Å². The molecule has 2 amide bonds. The number of hydrogen-bond acceptors (Lipinski definition) is 4. The van der Waals surface area contributed by atoms with Gasteiger partial charge in [0.1, 0.15) is 12.3 Å². The summed E-state index contributed by atoms with van der Waals surface area (Å²) in [6.45, 7) is 0.288. The van der Waals surface area contributed by atoms with Gasteiger partial charge in [-0.05, 0) is 55.2 Å². The second-order valence-electron chi connectivity index (χ2n) is 6.67. The van der Waals surface area contributed by atoms with Crippen LogP contribution >= 0.6 is 0 Å². The maximum absolute atomic E-state index is 14.1. The zero-order valence-electron chi connectivity index (χ0n) is 15.0. The number of nitrogens with zero attached hydrogens (tertiary/aromatic N) is 1. The van der Waals surface area contributed by atoms with Crippen LogP contribution in [0.4, 0.5) is 19.3 Å². The van der Waals surface area contributed by atoms with Gasteiger partial charge in [0, 0.05) is 24.6 Å². The van der Waals surface area contributed by atoms with E-state index in [0.717, 1.165) is 5.56 Å². The first kappa shape index (κ1) is 20.2. The molecule has 1 aliphatic rings. The van der Waals surface area contributed by atoms with Gasteiger partial charge in [-0.15, -0.1) is 0 Å². The normalized spacial score (nSPS) is 22.4. The van der Waals surface area contributed by atoms with E-state index in [2.05, 4.69) is 15.6 Å². The summed E-state index contributed by atoms with van der Waals surface area (Å²) in [5.41, 5.74) is 1.21. The smallest absolute Gasteiger partial charge is 0.319 e. The molecule has 1 aliphatic carbocycles. The number of benzene rings is 1. The largest absolute Gasteiger partial charge is 0.334 e. The highest BCUT2D eigenvalue weighted by Crippen LogP contribution is 2.33. The Morgan fingerprint density at radius 2 is 1.89 bits per heavy atom. The van der Waals surface area contributed by atoms with E-state index >= 15 is 0 Å². The first-order valence-electron chi connectivity index (χ1n) is 8.94. The van der Waals surface area contributed by atoms with E-state index in [1.54, 1.807) is 18.5 Å². The number of alkyl halides is 2. The van der Waals surface area contributed by atoms with Crippen LogP contribution in [0.3, 0.4) is 0 Å². The summed E-state index contributed by atoms with van der Waals surface area (Å²) >= 11 is 0. The second kappa shape index (κ2) is 8.64. The number of sulfone groups is 1. The molecule has 3 rings (SSSR count). The number of carbonyl (C=O) groups is 1. The molecular formula is C19H21F2N3O3S. The highest BCUT2D eigenvalue weighted by atomic mass is 32.2. The van der Waals surface area contributed by atoms with Gasteiger partial charge in [-0.25, -0.2) is 22.0 Å². The van der Waals surface area contributed by atoms with Gasteiger partial charge in [0.25, 0.3) is 0 Å². The van der Waals surface area contributed by atoms with Gasteiger partial charge in [0.15, 0.2) is 9.84 Å². The van der Waals surface area contributed by atoms with Crippen molar-refractivity contribution in [2.24, 2.45) is 0 Å². The molecule has 28 heavy (non-hydrogen) atoms. The Labute approximate surface area is 162 Å². The van der Waals surface area contributed by atoms with Crippen LogP contribution in [0.15, 0.2) is 53.7 Å². The molecule has 3 unspecified atom stereocenters. The molecule has 0 aliphatic heterocycles. The van der Waals surface area contributed by atoms with Gasteiger partial charge in [0.2, 0.25) is 0 Å². The molecule has 9 heteroatoms. The highest BCUT2D eigenvalue weighted by Gasteiger charge is 2.42. The molecule has 1 fully saturated rings. The summed E-state index contributed by atoms with van der Waals surface area (Å²) in [4.78, 5) is 15.8. The Hall–Kier alpha value is -2.55. The topological polar surface area (TPSA) is 88.2 Å². The third-order valence-corrected chi connectivity index (χ3v) is 6.91. The number of amides is 2. The third-order valence-electron chi connectivity index (χ3n) is 4.68. The molecular weight excluding hydrogens is 388 g/mol. The molecule has 0 saturated heterocycles. The maximum Gasteiger partial charge on any atom is 0.319 e. The average molecular weight is 409 g/mol. The Bertz CT molecular complexity index is 908. The van der Waals surface area contributed by atoms with E-state index in [9.17, 15) is 22.0 Å². The lowest BCUT2D eigenvalue weighted by atomic mass is 9.97. The van der Waals surface area contributed by atoms with E-state index in [1.165, 1.54) is 24.3 Å². The van der Waals surface area contributed by atoms with E-state index in [-0.39, 0.29) is 24.3 Å². The maximum atomic E-state index is 14.1. The van der Waals surface area contributed by atoms with E-state index in [0.29, 0.717) is 12.1 Å². The summed E-state index contributed by atoms with van der Waals surface area (Å²) in [7, 11) is -3.99. The zero-order valence-corrected chi connectivity index (χ0v) is 15.8. The molecule has 0 spiro atoms. The van der Waals surface area contributed by atoms with Gasteiger partial charge in [0.05, 0.1) is 10.1 Å². The Morgan fingerprint density at radius 1 is 1.14 bits per heavy atom. The van der Waals surface area contributed by atoms with E-state index in [1.807, 2.05) is 6.07 Å². The van der Waals surface area contributed by atoms with Crippen LogP contribution in [0, 0.1) is 0 Å². The van der Waals surface area contributed by atoms with E-state index < -0.39 is 33.5 Å². The number of rotatable bonds is 5. The zero-order chi connectivity index (χ0) is 20.1. The lowest BCUT2D eigenvalue weighted by Crippen LogP contribution is -2.41. The molecule has 6 nitrogen and oxygen atoms in total. The third kappa shape index (κ3) is 4.64. The number of hydrogen-bond donors (Lipinski definition) is 2. The minimum atomic E-state index is -3.99. The predicted octanol–water partition coefficient (Wildman–Crippen LogP) is 3.41. The van der Waals surface area contributed by atoms with Gasteiger partial charge in [-0.2, -0.15) is 0 Å². The Morgan fingerprint density at radius 3 is 2.57 bits per heavy atom. The Kier molecular flexibility index (Phi) is 6.23. The SMILES string of the molecule is O=C(NCc1cccnc1)Nc1ccc(S(=O)(=O)C2CCCC(F)C2F)cc1. The number of urea groups is 1. The molecule has 1 aromatic heterocycles. The molecule has 1 heterocycles. The lowest BCUT2D eigenvalue weighted by Gasteiger charge is -2.28. The Balaban J connectivity index is 1.62. The fourth-order valence-electron chi connectivity index (χ4n) is 3.15. The molecule has 2 N–H and O–H groups in total. The van der Waals surface area contributed by atoms with Crippen molar-refractivity contribution in [2.45, 2.75) is 48.3 Å². The monoisotopic (exact) mass is 409 g/mol. The fourth-order valence-corrected chi connectivity index (χ4v) is 5.01. The standard InChI is InChI=1S/C19H21F2N3O3S/c20-16-4-1-5-17(18(16)21)28(26,27)15-8-6-14(7-9-15)24-19(25)23-12-13-3-2-10-22-11-13/h2-3,6-11,16-18H,1,4-5,12H2,(H2,23,24,25). The molecule has 150 valence electrons. The molecule has 1 aromatic carbocycles. The lowest BCUT2D eigenvalue weighted by molar-refractivity contribution is 0.122. The number of nitrogens with one attached hydrogen (secondary N) is 2. The van der Waals surface area contributed by atoms with Crippen molar-refractivity contribution < 1.29 is 22.0 Å². The van der Waals surface area contributed by atoms with Crippen LogP contribution in [0.2, 0.25) is 0 Å². The van der Waals surface area contributed by atoms with Crippen molar-refractivity contribution in [2.75, 3.05) is 5.32 Å². The van der Waals surface area contributed by atoms with Crippen molar-refractivity contribution in [1.29, 1.82) is 0 Å². The summed E-state index contributed by atoms with van der Waals surface area (Å²) in [6.07, 6.45) is -0.0307. The first-order valence-corrected chi connectivity index (χ1v) is 10.5. The molecule has 0 radical (unpaired) electrons. The minimum absolute atomic E-state index is 0.0458. The van der Waals surface area contributed by atoms with Crippen molar-refractivity contribution in [3.05, 3.63) is 54.4 Å². The summed E-state index contributed by atoms with van der Waals surface area (Å²) in [5, 5.41) is 3.86. The number of anilines is 1. The van der Waals surface area contributed by atoms with Gasteiger partial charge >= 0.3 is 6.03 Å². The van der Waals surface area contributed by atoms with Gasteiger partial charge < -0.3 is 10.6 Å². The highest BCUT2D eigenvalue weighted by molar-refractivity contribution is 7.92. The van der Waals surface area contributed by atoms with Crippen LogP contribution in [0.1, 0.15) is 24.8 Å². The fraction of sp³-hybridized carbons (Fsp3) is 0.368. The minimum Gasteiger partial charge on any atom is -0.334 e. The van der Waals surface area contributed by atoms with Gasteiger partial charge in [-0.3, -0.25) is 4.98 Å². The quantitative estimate of drug-likeness (QED) is 0.792. The molecule has 0 bridgehead atoms. The summed E-state index contributed by atoms with van der Waals surface area (Å²) < 4.78 is 52.9. The summed E-state index contributed by atoms with van der Waals surface area (Å²) in [6, 6.07) is 8.53. The second-order valence-corrected chi connectivity index (χ2v) is 8.84.